The molecule has 0 aliphatic heterocycles. The highest BCUT2D eigenvalue weighted by molar-refractivity contribution is 7.89. The fraction of sp³-hybridized carbons (Fsp3) is 0.455. The van der Waals surface area contributed by atoms with Gasteiger partial charge in [-0.25, -0.2) is 17.5 Å². The van der Waals surface area contributed by atoms with Crippen LogP contribution in [0.2, 0.25) is 0 Å². The van der Waals surface area contributed by atoms with Gasteiger partial charge < -0.3 is 5.32 Å². The SMILES string of the molecule is CNCc1ccc(F)c(S(=O)(=O)NC2CC2)c1. The summed E-state index contributed by atoms with van der Waals surface area (Å²) in [6, 6.07) is 4.11. The fourth-order valence-corrected chi connectivity index (χ4v) is 2.98. The van der Waals surface area contributed by atoms with Crippen molar-refractivity contribution in [3.63, 3.8) is 0 Å². The van der Waals surface area contributed by atoms with Crippen LogP contribution in [0.25, 0.3) is 0 Å². The van der Waals surface area contributed by atoms with Gasteiger partial charge in [-0.15, -0.1) is 0 Å². The van der Waals surface area contributed by atoms with Gasteiger partial charge >= 0.3 is 0 Å². The molecule has 0 spiro atoms. The maximum atomic E-state index is 13.5. The zero-order valence-electron chi connectivity index (χ0n) is 9.53. The monoisotopic (exact) mass is 258 g/mol. The van der Waals surface area contributed by atoms with Crippen molar-refractivity contribution in [2.45, 2.75) is 30.3 Å². The van der Waals surface area contributed by atoms with E-state index in [0.717, 1.165) is 18.4 Å². The molecule has 0 amide bonds. The number of sulfonamides is 1. The van der Waals surface area contributed by atoms with Crippen LogP contribution in [0.5, 0.6) is 0 Å². The summed E-state index contributed by atoms with van der Waals surface area (Å²) in [4.78, 5) is -0.267. The van der Waals surface area contributed by atoms with E-state index in [1.165, 1.54) is 12.1 Å². The summed E-state index contributed by atoms with van der Waals surface area (Å²) in [7, 11) is -1.97. The summed E-state index contributed by atoms with van der Waals surface area (Å²) in [6.07, 6.45) is 1.66. The minimum absolute atomic E-state index is 0.0210. The largest absolute Gasteiger partial charge is 0.316 e. The quantitative estimate of drug-likeness (QED) is 0.828. The Morgan fingerprint density at radius 1 is 1.41 bits per heavy atom. The number of hydrogen-bond acceptors (Lipinski definition) is 3. The number of benzene rings is 1. The van der Waals surface area contributed by atoms with Crippen LogP contribution >= 0.6 is 0 Å². The second-order valence-corrected chi connectivity index (χ2v) is 5.87. The third kappa shape index (κ3) is 3.02. The minimum atomic E-state index is -3.72. The summed E-state index contributed by atoms with van der Waals surface area (Å²) >= 11 is 0. The molecule has 6 heteroatoms. The van der Waals surface area contributed by atoms with E-state index in [1.54, 1.807) is 13.1 Å². The van der Waals surface area contributed by atoms with Crippen LogP contribution in [0.3, 0.4) is 0 Å². The molecule has 1 saturated carbocycles. The molecule has 17 heavy (non-hydrogen) atoms. The van der Waals surface area contributed by atoms with Gasteiger partial charge in [0.2, 0.25) is 10.0 Å². The van der Waals surface area contributed by atoms with Crippen LogP contribution in [-0.2, 0) is 16.6 Å². The molecular formula is C11H15FN2O2S. The molecule has 1 aliphatic carbocycles. The van der Waals surface area contributed by atoms with Gasteiger partial charge in [-0.05, 0) is 37.6 Å². The molecule has 0 bridgehead atoms. The van der Waals surface area contributed by atoms with Crippen LogP contribution in [0.15, 0.2) is 23.1 Å². The molecule has 0 unspecified atom stereocenters. The smallest absolute Gasteiger partial charge is 0.243 e. The predicted molar refractivity (Wildman–Crippen MR) is 62.5 cm³/mol. The Balaban J connectivity index is 2.31. The number of hydrogen-bond donors (Lipinski definition) is 2. The van der Waals surface area contributed by atoms with Crippen molar-refractivity contribution in [3.05, 3.63) is 29.6 Å². The molecule has 0 atom stereocenters. The summed E-state index contributed by atoms with van der Waals surface area (Å²) in [5.74, 6) is -0.710. The molecule has 0 saturated heterocycles. The summed E-state index contributed by atoms with van der Waals surface area (Å²) in [6.45, 7) is 0.506. The van der Waals surface area contributed by atoms with Crippen LogP contribution in [-0.4, -0.2) is 21.5 Å². The molecule has 2 rings (SSSR count). The second-order valence-electron chi connectivity index (χ2n) is 4.19. The Bertz CT molecular complexity index is 512. The van der Waals surface area contributed by atoms with Crippen molar-refractivity contribution in [3.8, 4) is 0 Å². The first-order valence-corrected chi connectivity index (χ1v) is 6.96. The molecule has 2 N–H and O–H groups in total. The average Bonchev–Trinajstić information content (AvgIpc) is 3.04. The third-order valence-electron chi connectivity index (χ3n) is 2.57. The van der Waals surface area contributed by atoms with Crippen LogP contribution < -0.4 is 10.0 Å². The van der Waals surface area contributed by atoms with Crippen LogP contribution in [0.1, 0.15) is 18.4 Å². The molecule has 1 fully saturated rings. The Hall–Kier alpha value is -0.980. The van der Waals surface area contributed by atoms with Crippen molar-refractivity contribution >= 4 is 10.0 Å². The molecule has 94 valence electrons. The Morgan fingerprint density at radius 3 is 2.71 bits per heavy atom. The number of rotatable bonds is 5. The Kier molecular flexibility index (Phi) is 3.46. The minimum Gasteiger partial charge on any atom is -0.316 e. The average molecular weight is 258 g/mol. The van der Waals surface area contributed by atoms with E-state index in [2.05, 4.69) is 10.0 Å². The van der Waals surface area contributed by atoms with E-state index in [4.69, 9.17) is 0 Å². The lowest BCUT2D eigenvalue weighted by molar-refractivity contribution is 0.555. The number of halogens is 1. The van der Waals surface area contributed by atoms with Crippen LogP contribution in [0.4, 0.5) is 4.39 Å². The molecule has 1 aliphatic rings. The summed E-state index contributed by atoms with van der Waals surface area (Å²) in [5.41, 5.74) is 0.741. The molecular weight excluding hydrogens is 243 g/mol. The Morgan fingerprint density at radius 2 is 2.12 bits per heavy atom. The van der Waals surface area contributed by atoms with Gasteiger partial charge in [-0.2, -0.15) is 0 Å². The normalized spacial score (nSPS) is 16.1. The molecule has 0 aromatic heterocycles. The van der Waals surface area contributed by atoms with Crippen molar-refractivity contribution in [2.24, 2.45) is 0 Å². The van der Waals surface area contributed by atoms with Crippen LogP contribution in [0, 0.1) is 5.82 Å². The van der Waals surface area contributed by atoms with Gasteiger partial charge in [-0.3, -0.25) is 0 Å². The lowest BCUT2D eigenvalue weighted by Gasteiger charge is -2.08. The first kappa shape index (κ1) is 12.5. The number of nitrogens with one attached hydrogen (secondary N) is 2. The first-order chi connectivity index (χ1) is 8.03. The van der Waals surface area contributed by atoms with E-state index in [-0.39, 0.29) is 10.9 Å². The highest BCUT2D eigenvalue weighted by Crippen LogP contribution is 2.23. The van der Waals surface area contributed by atoms with Crippen molar-refractivity contribution in [2.75, 3.05) is 7.05 Å². The lowest BCUT2D eigenvalue weighted by Crippen LogP contribution is -2.26. The third-order valence-corrected chi connectivity index (χ3v) is 4.10. The van der Waals surface area contributed by atoms with Gasteiger partial charge in [0.05, 0.1) is 0 Å². The molecule has 4 nitrogen and oxygen atoms in total. The van der Waals surface area contributed by atoms with E-state index in [9.17, 15) is 12.8 Å². The maximum Gasteiger partial charge on any atom is 0.243 e. The summed E-state index contributed by atoms with van der Waals surface area (Å²) < 4.78 is 39.8. The Labute approximate surface area is 100 Å². The van der Waals surface area contributed by atoms with Crippen molar-refractivity contribution < 1.29 is 12.8 Å². The highest BCUT2D eigenvalue weighted by atomic mass is 32.2. The predicted octanol–water partition coefficient (Wildman–Crippen LogP) is 0.986. The standard InChI is InChI=1S/C11H15FN2O2S/c1-13-7-8-2-5-10(12)11(6-8)17(15,16)14-9-3-4-9/h2,5-6,9,13-14H,3-4,7H2,1H3. The second kappa shape index (κ2) is 4.72. The first-order valence-electron chi connectivity index (χ1n) is 5.48. The fourth-order valence-electron chi connectivity index (χ4n) is 1.55. The molecule has 0 radical (unpaired) electrons. The van der Waals surface area contributed by atoms with Gasteiger partial charge in [0.1, 0.15) is 10.7 Å². The van der Waals surface area contributed by atoms with Gasteiger partial charge in [0.25, 0.3) is 0 Å². The van der Waals surface area contributed by atoms with E-state index in [1.807, 2.05) is 0 Å². The maximum absolute atomic E-state index is 13.5. The summed E-state index contributed by atoms with van der Waals surface area (Å²) in [5, 5.41) is 2.90. The van der Waals surface area contributed by atoms with Crippen molar-refractivity contribution in [1.82, 2.24) is 10.0 Å². The highest BCUT2D eigenvalue weighted by Gasteiger charge is 2.29. The van der Waals surface area contributed by atoms with Gasteiger partial charge in [0, 0.05) is 12.6 Å². The molecule has 1 aromatic carbocycles. The van der Waals surface area contributed by atoms with Gasteiger partial charge in [-0.1, -0.05) is 6.07 Å². The topological polar surface area (TPSA) is 58.2 Å². The zero-order chi connectivity index (χ0) is 12.5. The zero-order valence-corrected chi connectivity index (χ0v) is 10.3. The van der Waals surface area contributed by atoms with E-state index < -0.39 is 15.8 Å². The van der Waals surface area contributed by atoms with E-state index in [0.29, 0.717) is 6.54 Å². The van der Waals surface area contributed by atoms with Crippen molar-refractivity contribution in [1.29, 1.82) is 0 Å². The lowest BCUT2D eigenvalue weighted by atomic mass is 10.2. The molecule has 0 heterocycles. The van der Waals surface area contributed by atoms with Gasteiger partial charge in [0.15, 0.2) is 0 Å². The van der Waals surface area contributed by atoms with E-state index >= 15 is 0 Å². The molecule has 1 aromatic rings.